The highest BCUT2D eigenvalue weighted by Gasteiger charge is 2.25. The molecule has 1 aromatic rings. The Bertz CT molecular complexity index is 416. The molecule has 0 aliphatic carbocycles. The topological polar surface area (TPSA) is 24.5 Å². The minimum atomic E-state index is 0.320. The van der Waals surface area contributed by atoms with Crippen molar-refractivity contribution < 1.29 is 4.74 Å². The molecule has 3 nitrogen and oxygen atoms in total. The number of morpholine rings is 1. The van der Waals surface area contributed by atoms with E-state index in [1.54, 1.807) is 0 Å². The van der Waals surface area contributed by atoms with Gasteiger partial charge in [0.15, 0.2) is 0 Å². The molecule has 0 spiro atoms. The van der Waals surface area contributed by atoms with Crippen LogP contribution in [0.2, 0.25) is 0 Å². The Balaban J connectivity index is 1.96. The summed E-state index contributed by atoms with van der Waals surface area (Å²) >= 11 is 0. The molecular weight excluding hydrogens is 260 g/mol. The monoisotopic (exact) mass is 290 g/mol. The van der Waals surface area contributed by atoms with E-state index in [4.69, 9.17) is 4.74 Å². The normalized spacial score (nSPS) is 22.8. The van der Waals surface area contributed by atoms with E-state index in [2.05, 4.69) is 62.2 Å². The Morgan fingerprint density at radius 2 is 2.00 bits per heavy atom. The maximum Gasteiger partial charge on any atom is 0.0723 e. The Hall–Kier alpha value is -1.06. The van der Waals surface area contributed by atoms with Crippen molar-refractivity contribution in [2.45, 2.75) is 52.8 Å². The summed E-state index contributed by atoms with van der Waals surface area (Å²) < 4.78 is 5.78. The van der Waals surface area contributed by atoms with Crippen LogP contribution in [-0.4, -0.2) is 31.8 Å². The number of hydrogen-bond acceptors (Lipinski definition) is 3. The molecule has 1 N–H and O–H groups in total. The summed E-state index contributed by atoms with van der Waals surface area (Å²) in [7, 11) is 0. The summed E-state index contributed by atoms with van der Waals surface area (Å²) in [5.74, 6) is 0.699. The number of anilines is 1. The van der Waals surface area contributed by atoms with Crippen LogP contribution in [0.5, 0.6) is 0 Å². The molecule has 0 amide bonds. The molecule has 1 aliphatic rings. The van der Waals surface area contributed by atoms with Gasteiger partial charge in [0.1, 0.15) is 0 Å². The Morgan fingerprint density at radius 1 is 1.29 bits per heavy atom. The predicted octanol–water partition coefficient (Wildman–Crippen LogP) is 3.44. The third-order valence-electron chi connectivity index (χ3n) is 4.09. The second kappa shape index (κ2) is 7.81. The van der Waals surface area contributed by atoms with Gasteiger partial charge in [-0.25, -0.2) is 0 Å². The average molecular weight is 290 g/mol. The van der Waals surface area contributed by atoms with Gasteiger partial charge in [-0.05, 0) is 43.5 Å². The lowest BCUT2D eigenvalue weighted by atomic mass is 10.1. The Kier molecular flexibility index (Phi) is 6.07. The predicted molar refractivity (Wildman–Crippen MR) is 89.8 cm³/mol. The average Bonchev–Trinajstić information content (AvgIpc) is 2.47. The van der Waals surface area contributed by atoms with Crippen molar-refractivity contribution in [3.8, 4) is 0 Å². The molecule has 0 radical (unpaired) electrons. The summed E-state index contributed by atoms with van der Waals surface area (Å²) in [5, 5.41) is 3.49. The first kappa shape index (κ1) is 16.3. The van der Waals surface area contributed by atoms with E-state index >= 15 is 0 Å². The van der Waals surface area contributed by atoms with Crippen LogP contribution in [0.1, 0.15) is 39.7 Å². The third kappa shape index (κ3) is 4.72. The first-order valence-corrected chi connectivity index (χ1v) is 8.28. The molecule has 0 saturated carbocycles. The zero-order valence-electron chi connectivity index (χ0n) is 13.9. The zero-order valence-corrected chi connectivity index (χ0v) is 13.9. The van der Waals surface area contributed by atoms with Crippen molar-refractivity contribution in [1.82, 2.24) is 5.32 Å². The molecule has 1 fully saturated rings. The minimum absolute atomic E-state index is 0.320. The maximum absolute atomic E-state index is 5.78. The molecule has 1 aromatic carbocycles. The SMILES string of the molecule is CCC1COC(C)CN1c1ccc(CNCC(C)C)cc1. The van der Waals surface area contributed by atoms with Crippen molar-refractivity contribution in [3.05, 3.63) is 29.8 Å². The van der Waals surface area contributed by atoms with Crippen molar-refractivity contribution in [1.29, 1.82) is 0 Å². The summed E-state index contributed by atoms with van der Waals surface area (Å²) in [6.07, 6.45) is 1.45. The summed E-state index contributed by atoms with van der Waals surface area (Å²) in [5.41, 5.74) is 2.68. The van der Waals surface area contributed by atoms with Crippen LogP contribution >= 0.6 is 0 Å². The number of nitrogens with one attached hydrogen (secondary N) is 1. The van der Waals surface area contributed by atoms with Crippen LogP contribution in [-0.2, 0) is 11.3 Å². The van der Waals surface area contributed by atoms with Crippen molar-refractivity contribution in [2.75, 3.05) is 24.6 Å². The molecule has 1 saturated heterocycles. The van der Waals surface area contributed by atoms with Gasteiger partial charge in [0.25, 0.3) is 0 Å². The summed E-state index contributed by atoms with van der Waals surface area (Å²) in [6, 6.07) is 9.51. The van der Waals surface area contributed by atoms with Gasteiger partial charge in [-0.15, -0.1) is 0 Å². The van der Waals surface area contributed by atoms with E-state index in [0.717, 1.165) is 32.7 Å². The van der Waals surface area contributed by atoms with Crippen LogP contribution in [0, 0.1) is 5.92 Å². The Labute approximate surface area is 129 Å². The van der Waals surface area contributed by atoms with Gasteiger partial charge in [0, 0.05) is 18.8 Å². The fourth-order valence-corrected chi connectivity index (χ4v) is 2.81. The van der Waals surface area contributed by atoms with E-state index < -0.39 is 0 Å². The van der Waals surface area contributed by atoms with Gasteiger partial charge >= 0.3 is 0 Å². The summed E-state index contributed by atoms with van der Waals surface area (Å²) in [6.45, 7) is 12.7. The van der Waals surface area contributed by atoms with Crippen LogP contribution in [0.4, 0.5) is 5.69 Å². The third-order valence-corrected chi connectivity index (χ3v) is 4.09. The van der Waals surface area contributed by atoms with Crippen molar-refractivity contribution >= 4 is 5.69 Å². The van der Waals surface area contributed by atoms with Crippen LogP contribution in [0.25, 0.3) is 0 Å². The molecule has 21 heavy (non-hydrogen) atoms. The smallest absolute Gasteiger partial charge is 0.0723 e. The maximum atomic E-state index is 5.78. The number of hydrogen-bond donors (Lipinski definition) is 1. The number of rotatable bonds is 6. The lowest BCUT2D eigenvalue weighted by Gasteiger charge is -2.40. The van der Waals surface area contributed by atoms with E-state index in [9.17, 15) is 0 Å². The van der Waals surface area contributed by atoms with Crippen LogP contribution in [0.3, 0.4) is 0 Å². The standard InChI is InChI=1S/C18H30N2O/c1-5-17-13-21-15(4)12-20(17)18-8-6-16(7-9-18)11-19-10-14(2)3/h6-9,14-15,17,19H,5,10-13H2,1-4H3. The molecule has 3 heteroatoms. The largest absolute Gasteiger partial charge is 0.375 e. The lowest BCUT2D eigenvalue weighted by Crippen LogP contribution is -2.48. The van der Waals surface area contributed by atoms with E-state index in [1.807, 2.05) is 0 Å². The van der Waals surface area contributed by atoms with Gasteiger partial charge in [-0.2, -0.15) is 0 Å². The number of nitrogens with zero attached hydrogens (tertiary/aromatic N) is 1. The van der Waals surface area contributed by atoms with Gasteiger partial charge in [0.2, 0.25) is 0 Å². The molecular formula is C18H30N2O. The highest BCUT2D eigenvalue weighted by molar-refractivity contribution is 5.49. The number of benzene rings is 1. The second-order valence-electron chi connectivity index (χ2n) is 6.55. The summed E-state index contributed by atoms with van der Waals surface area (Å²) in [4.78, 5) is 2.50. The first-order valence-electron chi connectivity index (χ1n) is 8.28. The lowest BCUT2D eigenvalue weighted by molar-refractivity contribution is 0.0299. The molecule has 1 heterocycles. The van der Waals surface area contributed by atoms with Gasteiger partial charge in [-0.1, -0.05) is 32.9 Å². The second-order valence-corrected chi connectivity index (χ2v) is 6.55. The Morgan fingerprint density at radius 3 is 2.62 bits per heavy atom. The van der Waals surface area contributed by atoms with Crippen LogP contribution in [0.15, 0.2) is 24.3 Å². The van der Waals surface area contributed by atoms with Crippen molar-refractivity contribution in [2.24, 2.45) is 5.92 Å². The fraction of sp³-hybridized carbons (Fsp3) is 0.667. The highest BCUT2D eigenvalue weighted by Crippen LogP contribution is 2.23. The minimum Gasteiger partial charge on any atom is -0.375 e. The fourth-order valence-electron chi connectivity index (χ4n) is 2.81. The molecule has 2 atom stereocenters. The first-order chi connectivity index (χ1) is 10.1. The van der Waals surface area contributed by atoms with Crippen molar-refractivity contribution in [3.63, 3.8) is 0 Å². The zero-order chi connectivity index (χ0) is 15.2. The van der Waals surface area contributed by atoms with Gasteiger partial charge in [-0.3, -0.25) is 0 Å². The molecule has 2 unspecified atom stereocenters. The molecule has 118 valence electrons. The molecule has 2 rings (SSSR count). The van der Waals surface area contributed by atoms with Gasteiger partial charge < -0.3 is 15.0 Å². The molecule has 1 aliphatic heterocycles. The van der Waals surface area contributed by atoms with E-state index in [-0.39, 0.29) is 0 Å². The van der Waals surface area contributed by atoms with E-state index in [0.29, 0.717) is 18.1 Å². The number of ether oxygens (including phenoxy) is 1. The van der Waals surface area contributed by atoms with E-state index in [1.165, 1.54) is 11.3 Å². The quantitative estimate of drug-likeness (QED) is 0.868. The van der Waals surface area contributed by atoms with Crippen LogP contribution < -0.4 is 10.2 Å². The van der Waals surface area contributed by atoms with Gasteiger partial charge in [0.05, 0.1) is 18.8 Å². The molecule has 0 aromatic heterocycles. The highest BCUT2D eigenvalue weighted by atomic mass is 16.5. The molecule has 0 bridgehead atoms.